The molecule has 1 aromatic heterocycles. The summed E-state index contributed by atoms with van der Waals surface area (Å²) in [5.74, 6) is 0. The van der Waals surface area contributed by atoms with Gasteiger partial charge in [-0.1, -0.05) is 6.07 Å². The molecule has 2 heterocycles. The Morgan fingerprint density at radius 2 is 2.33 bits per heavy atom. The molecule has 1 aliphatic heterocycles. The van der Waals surface area contributed by atoms with E-state index in [1.165, 1.54) is 0 Å². The van der Waals surface area contributed by atoms with Crippen molar-refractivity contribution in [2.24, 2.45) is 0 Å². The van der Waals surface area contributed by atoms with E-state index < -0.39 is 0 Å². The van der Waals surface area contributed by atoms with E-state index in [0.717, 1.165) is 5.69 Å². The van der Waals surface area contributed by atoms with Crippen molar-refractivity contribution in [2.45, 2.75) is 26.1 Å². The molecule has 0 aromatic carbocycles. The number of hydroxylamine groups is 2. The van der Waals surface area contributed by atoms with Crippen molar-refractivity contribution in [1.29, 1.82) is 0 Å². The number of nitrogens with zero attached hydrogens (tertiary/aromatic N) is 2. The first-order valence-electron chi connectivity index (χ1n) is 4.15. The zero-order valence-electron chi connectivity index (χ0n) is 7.27. The van der Waals surface area contributed by atoms with Gasteiger partial charge < -0.3 is 0 Å². The van der Waals surface area contributed by atoms with Crippen LogP contribution in [-0.4, -0.2) is 16.1 Å². The minimum atomic E-state index is 0.0891. The van der Waals surface area contributed by atoms with E-state index in [9.17, 15) is 0 Å². The summed E-state index contributed by atoms with van der Waals surface area (Å²) in [6, 6.07) is 6.29. The fourth-order valence-electron chi connectivity index (χ4n) is 1.19. The molecule has 0 N–H and O–H groups in total. The zero-order chi connectivity index (χ0) is 8.55. The quantitative estimate of drug-likeness (QED) is 0.623. The van der Waals surface area contributed by atoms with Crippen molar-refractivity contribution in [2.75, 3.05) is 0 Å². The lowest BCUT2D eigenvalue weighted by Crippen LogP contribution is -2.09. The lowest BCUT2D eigenvalue weighted by Gasteiger charge is -1.99. The van der Waals surface area contributed by atoms with Crippen molar-refractivity contribution < 1.29 is 4.84 Å². The Bertz CT molecular complexity index is 260. The minimum Gasteiger partial charge on any atom is -0.268 e. The molecular weight excluding hydrogens is 152 g/mol. The second kappa shape index (κ2) is 2.84. The van der Waals surface area contributed by atoms with E-state index in [1.807, 2.05) is 23.3 Å². The van der Waals surface area contributed by atoms with Gasteiger partial charge in [0.1, 0.15) is 0 Å². The van der Waals surface area contributed by atoms with Gasteiger partial charge in [-0.15, -0.1) is 5.06 Å². The van der Waals surface area contributed by atoms with Crippen molar-refractivity contribution in [3.05, 3.63) is 30.1 Å². The van der Waals surface area contributed by atoms with Crippen LogP contribution in [0.1, 0.15) is 25.8 Å². The molecule has 2 unspecified atom stereocenters. The Morgan fingerprint density at radius 3 is 2.83 bits per heavy atom. The minimum absolute atomic E-state index is 0.0891. The largest absolute Gasteiger partial charge is 0.268 e. The molecule has 0 radical (unpaired) electrons. The van der Waals surface area contributed by atoms with Gasteiger partial charge in [0.15, 0.2) is 6.23 Å². The summed E-state index contributed by atoms with van der Waals surface area (Å²) in [5, 5.41) is 1.93. The van der Waals surface area contributed by atoms with E-state index >= 15 is 0 Å². The summed E-state index contributed by atoms with van der Waals surface area (Å²) in [6.07, 6.45) is 1.88. The third-order valence-corrected chi connectivity index (χ3v) is 1.86. The van der Waals surface area contributed by atoms with Crippen molar-refractivity contribution in [3.8, 4) is 0 Å². The standard InChI is InChI=1S/C9H12N2O/c1-7(2)11-9(12-11)8-5-3-4-6-10-8/h3-7,9H,1-2H3. The Balaban J connectivity index is 2.06. The molecule has 3 heteroatoms. The van der Waals surface area contributed by atoms with Gasteiger partial charge in [0.25, 0.3) is 0 Å². The first kappa shape index (κ1) is 7.71. The van der Waals surface area contributed by atoms with Crippen LogP contribution >= 0.6 is 0 Å². The van der Waals surface area contributed by atoms with Crippen molar-refractivity contribution >= 4 is 0 Å². The highest BCUT2D eigenvalue weighted by atomic mass is 16.8. The number of hydrogen-bond donors (Lipinski definition) is 0. The SMILES string of the molecule is CC(C)N1OC1c1ccccn1. The van der Waals surface area contributed by atoms with Gasteiger partial charge in [0.2, 0.25) is 0 Å². The second-order valence-electron chi connectivity index (χ2n) is 3.17. The predicted octanol–water partition coefficient (Wildman–Crippen LogP) is 1.74. The van der Waals surface area contributed by atoms with Crippen LogP contribution in [0.15, 0.2) is 24.4 Å². The van der Waals surface area contributed by atoms with Gasteiger partial charge in [-0.25, -0.2) is 0 Å². The highest BCUT2D eigenvalue weighted by Gasteiger charge is 2.40. The molecule has 2 rings (SSSR count). The van der Waals surface area contributed by atoms with Crippen LogP contribution in [0.3, 0.4) is 0 Å². The highest BCUT2D eigenvalue weighted by molar-refractivity contribution is 5.08. The summed E-state index contributed by atoms with van der Waals surface area (Å²) in [5.41, 5.74) is 0.992. The maximum atomic E-state index is 5.34. The van der Waals surface area contributed by atoms with Crippen LogP contribution < -0.4 is 0 Å². The van der Waals surface area contributed by atoms with Gasteiger partial charge in [0, 0.05) is 12.2 Å². The first-order valence-corrected chi connectivity index (χ1v) is 4.15. The topological polar surface area (TPSA) is 28.4 Å². The molecule has 12 heavy (non-hydrogen) atoms. The van der Waals surface area contributed by atoms with Crippen LogP contribution in [0.2, 0.25) is 0 Å². The third kappa shape index (κ3) is 1.33. The van der Waals surface area contributed by atoms with Gasteiger partial charge in [-0.05, 0) is 26.0 Å². The summed E-state index contributed by atoms with van der Waals surface area (Å²) >= 11 is 0. The molecule has 64 valence electrons. The molecule has 0 aliphatic carbocycles. The second-order valence-corrected chi connectivity index (χ2v) is 3.17. The fraction of sp³-hybridized carbons (Fsp3) is 0.444. The smallest absolute Gasteiger partial charge is 0.196 e. The Morgan fingerprint density at radius 1 is 1.50 bits per heavy atom. The van der Waals surface area contributed by atoms with Crippen molar-refractivity contribution in [3.63, 3.8) is 0 Å². The average Bonchev–Trinajstić information content (AvgIpc) is 2.84. The molecule has 1 fully saturated rings. The molecule has 1 saturated heterocycles. The van der Waals surface area contributed by atoms with Gasteiger partial charge in [-0.2, -0.15) is 0 Å². The lowest BCUT2D eigenvalue weighted by molar-refractivity contribution is 0.164. The maximum absolute atomic E-state index is 5.34. The van der Waals surface area contributed by atoms with Crippen LogP contribution in [0.5, 0.6) is 0 Å². The first-order chi connectivity index (χ1) is 5.79. The summed E-state index contributed by atoms with van der Waals surface area (Å²) < 4.78 is 0. The van der Waals surface area contributed by atoms with Crippen LogP contribution in [-0.2, 0) is 4.84 Å². The molecular formula is C9H12N2O. The molecule has 1 aliphatic rings. The summed E-state index contributed by atoms with van der Waals surface area (Å²) in [7, 11) is 0. The number of rotatable bonds is 2. The lowest BCUT2D eigenvalue weighted by atomic mass is 10.3. The molecule has 0 bridgehead atoms. The fourth-order valence-corrected chi connectivity index (χ4v) is 1.19. The highest BCUT2D eigenvalue weighted by Crippen LogP contribution is 2.37. The molecule has 0 amide bonds. The molecule has 2 atom stereocenters. The Hall–Kier alpha value is -0.930. The van der Waals surface area contributed by atoms with E-state index in [-0.39, 0.29) is 6.23 Å². The van der Waals surface area contributed by atoms with E-state index in [0.29, 0.717) is 6.04 Å². The third-order valence-electron chi connectivity index (χ3n) is 1.86. The zero-order valence-corrected chi connectivity index (χ0v) is 7.27. The van der Waals surface area contributed by atoms with Crippen LogP contribution in [0.4, 0.5) is 0 Å². The average molecular weight is 164 g/mol. The van der Waals surface area contributed by atoms with Gasteiger partial charge >= 0.3 is 0 Å². The Labute approximate surface area is 71.9 Å². The molecule has 3 nitrogen and oxygen atoms in total. The van der Waals surface area contributed by atoms with Gasteiger partial charge in [0.05, 0.1) is 5.69 Å². The number of pyridine rings is 1. The Kier molecular flexibility index (Phi) is 1.83. The maximum Gasteiger partial charge on any atom is 0.196 e. The molecule has 0 saturated carbocycles. The summed E-state index contributed by atoms with van der Waals surface area (Å²) in [6.45, 7) is 4.20. The van der Waals surface area contributed by atoms with Gasteiger partial charge in [-0.3, -0.25) is 9.82 Å². The van der Waals surface area contributed by atoms with E-state index in [1.54, 1.807) is 6.20 Å². The van der Waals surface area contributed by atoms with Crippen LogP contribution in [0.25, 0.3) is 0 Å². The normalized spacial score (nSPS) is 27.6. The van der Waals surface area contributed by atoms with E-state index in [4.69, 9.17) is 4.84 Å². The van der Waals surface area contributed by atoms with Crippen LogP contribution in [0, 0.1) is 0 Å². The molecule has 0 spiro atoms. The van der Waals surface area contributed by atoms with E-state index in [2.05, 4.69) is 18.8 Å². The predicted molar refractivity (Wildman–Crippen MR) is 45.0 cm³/mol. The summed E-state index contributed by atoms with van der Waals surface area (Å²) in [4.78, 5) is 9.54. The number of aromatic nitrogens is 1. The monoisotopic (exact) mass is 164 g/mol. The number of hydrogen-bond acceptors (Lipinski definition) is 3. The molecule has 1 aromatic rings. The van der Waals surface area contributed by atoms with Crippen molar-refractivity contribution in [1.82, 2.24) is 10.0 Å².